The lowest BCUT2D eigenvalue weighted by atomic mass is 9.98. The summed E-state index contributed by atoms with van der Waals surface area (Å²) in [4.78, 5) is 65.2. The Morgan fingerprint density at radius 3 is 2.26 bits per heavy atom. The van der Waals surface area contributed by atoms with Gasteiger partial charge in [0, 0.05) is 6.54 Å². The number of amides is 3. The molecule has 1 aliphatic rings. The topological polar surface area (TPSA) is 153 Å². The van der Waals surface area contributed by atoms with Gasteiger partial charge in [-0.2, -0.15) is 4.68 Å². The first-order chi connectivity index (χ1) is 17.9. The highest BCUT2D eigenvalue weighted by molar-refractivity contribution is 6.00. The van der Waals surface area contributed by atoms with Gasteiger partial charge in [0.05, 0.1) is 18.8 Å². The molecular weight excluding hydrogens is 501 g/mol. The van der Waals surface area contributed by atoms with Gasteiger partial charge < -0.3 is 24.7 Å². The Labute approximate surface area is 218 Å². The molecule has 0 radical (unpaired) electrons. The molecule has 206 valence electrons. The minimum Gasteiger partial charge on any atom is -0.453 e. The maximum absolute atomic E-state index is 13.3. The van der Waals surface area contributed by atoms with Crippen molar-refractivity contribution in [2.75, 3.05) is 13.7 Å². The van der Waals surface area contributed by atoms with Gasteiger partial charge in [0.1, 0.15) is 17.9 Å². The fourth-order valence-electron chi connectivity index (χ4n) is 4.22. The molecule has 0 bridgehead atoms. The summed E-state index contributed by atoms with van der Waals surface area (Å²) in [5, 5.41) is 9.13. The second-order valence-electron chi connectivity index (χ2n) is 9.70. The molecule has 3 atom stereocenters. The average Bonchev–Trinajstić information content (AvgIpc) is 3.52. The first-order valence-corrected chi connectivity index (χ1v) is 12.3. The number of Topliss-reactive ketones (excluding diaryl/α,β-unsaturated/α-hetero) is 1. The van der Waals surface area contributed by atoms with Gasteiger partial charge in [0.15, 0.2) is 0 Å². The molecule has 13 heteroatoms. The van der Waals surface area contributed by atoms with E-state index < -0.39 is 65.2 Å². The molecule has 1 saturated heterocycles. The number of carbonyl (C=O) groups excluding carboxylic acids is 4. The summed E-state index contributed by atoms with van der Waals surface area (Å²) in [5.74, 6) is -4.36. The Kier molecular flexibility index (Phi) is 9.02. The van der Waals surface area contributed by atoms with Gasteiger partial charge in [-0.1, -0.05) is 27.7 Å². The molecule has 0 spiro atoms. The van der Waals surface area contributed by atoms with E-state index in [0.717, 1.165) is 16.8 Å². The van der Waals surface area contributed by atoms with Crippen molar-refractivity contribution in [3.8, 4) is 5.69 Å². The molecule has 0 aliphatic carbocycles. The van der Waals surface area contributed by atoms with E-state index in [4.69, 9.17) is 4.42 Å². The van der Waals surface area contributed by atoms with Crippen LogP contribution in [-0.2, 0) is 14.3 Å². The van der Waals surface area contributed by atoms with Crippen molar-refractivity contribution < 1.29 is 32.7 Å². The highest BCUT2D eigenvalue weighted by Gasteiger charge is 2.40. The summed E-state index contributed by atoms with van der Waals surface area (Å²) in [6.07, 6.45) is 0.169. The van der Waals surface area contributed by atoms with Gasteiger partial charge in [-0.25, -0.2) is 14.0 Å². The lowest BCUT2D eigenvalue weighted by molar-refractivity contribution is -0.141. The van der Waals surface area contributed by atoms with Crippen molar-refractivity contribution >= 4 is 23.7 Å². The van der Waals surface area contributed by atoms with Crippen LogP contribution in [0, 0.1) is 17.7 Å². The Morgan fingerprint density at radius 1 is 1.05 bits per heavy atom. The summed E-state index contributed by atoms with van der Waals surface area (Å²) < 4.78 is 23.7. The highest BCUT2D eigenvalue weighted by atomic mass is 19.1. The van der Waals surface area contributed by atoms with E-state index in [1.54, 1.807) is 27.7 Å². The van der Waals surface area contributed by atoms with Crippen LogP contribution in [0.4, 0.5) is 9.18 Å². The number of hydrogen-bond acceptors (Lipinski definition) is 8. The van der Waals surface area contributed by atoms with Crippen molar-refractivity contribution in [2.24, 2.45) is 11.8 Å². The van der Waals surface area contributed by atoms with Crippen LogP contribution in [0.5, 0.6) is 0 Å². The zero-order valence-corrected chi connectivity index (χ0v) is 21.9. The third kappa shape index (κ3) is 6.26. The largest absolute Gasteiger partial charge is 0.453 e. The van der Waals surface area contributed by atoms with E-state index in [2.05, 4.69) is 20.5 Å². The summed E-state index contributed by atoms with van der Waals surface area (Å²) in [6, 6.07) is 2.02. The summed E-state index contributed by atoms with van der Waals surface area (Å²) in [6.45, 7) is 7.22. The third-order valence-electron chi connectivity index (χ3n) is 6.31. The normalized spacial score (nSPS) is 16.8. The lowest BCUT2D eigenvalue weighted by Crippen LogP contribution is -2.57. The molecule has 0 saturated carbocycles. The van der Waals surface area contributed by atoms with Crippen LogP contribution in [0.25, 0.3) is 5.69 Å². The van der Waals surface area contributed by atoms with Crippen molar-refractivity contribution in [1.29, 1.82) is 0 Å². The summed E-state index contributed by atoms with van der Waals surface area (Å²) in [7, 11) is 1.19. The number of carbonyl (C=O) groups is 4. The maximum atomic E-state index is 13.3. The lowest BCUT2D eigenvalue weighted by Gasteiger charge is -2.31. The predicted octanol–water partition coefficient (Wildman–Crippen LogP) is 1.66. The SMILES string of the molecule is COC(=O)N[C@H](C(=O)N1CCC[C@H]1C(=O)N[C@H](C(=O)c1nn(-c2ccc(F)cc2)c(=O)o1)C(C)C)C(C)C. The minimum absolute atomic E-state index is 0.199. The number of nitrogens with one attached hydrogen (secondary N) is 2. The van der Waals surface area contributed by atoms with Crippen LogP contribution in [0.1, 0.15) is 51.2 Å². The third-order valence-corrected chi connectivity index (χ3v) is 6.31. The number of halogens is 1. The van der Waals surface area contributed by atoms with Crippen molar-refractivity contribution in [2.45, 2.75) is 58.7 Å². The van der Waals surface area contributed by atoms with Gasteiger partial charge in [0.2, 0.25) is 17.6 Å². The Bertz CT molecular complexity index is 1240. The van der Waals surface area contributed by atoms with Crippen LogP contribution in [0.15, 0.2) is 33.5 Å². The van der Waals surface area contributed by atoms with Gasteiger partial charge in [-0.3, -0.25) is 14.4 Å². The van der Waals surface area contributed by atoms with E-state index in [-0.39, 0.29) is 11.6 Å². The summed E-state index contributed by atoms with van der Waals surface area (Å²) >= 11 is 0. The van der Waals surface area contributed by atoms with Crippen molar-refractivity contribution in [3.63, 3.8) is 0 Å². The number of benzene rings is 1. The van der Waals surface area contributed by atoms with E-state index in [1.807, 2.05) is 0 Å². The Balaban J connectivity index is 1.78. The fraction of sp³-hybridized carbons (Fsp3) is 0.520. The van der Waals surface area contributed by atoms with E-state index in [9.17, 15) is 28.4 Å². The maximum Gasteiger partial charge on any atom is 0.442 e. The molecule has 1 aromatic carbocycles. The number of likely N-dealkylation sites (tertiary alicyclic amines) is 1. The number of rotatable bonds is 9. The molecule has 2 N–H and O–H groups in total. The van der Waals surface area contributed by atoms with Crippen LogP contribution in [-0.4, -0.2) is 70.2 Å². The molecule has 3 rings (SSSR count). The Hall–Kier alpha value is -4.03. The predicted molar refractivity (Wildman–Crippen MR) is 132 cm³/mol. The van der Waals surface area contributed by atoms with Gasteiger partial charge in [-0.05, 0) is 48.9 Å². The smallest absolute Gasteiger partial charge is 0.442 e. The first kappa shape index (κ1) is 28.5. The van der Waals surface area contributed by atoms with Gasteiger partial charge in [-0.15, -0.1) is 5.10 Å². The molecule has 1 aromatic heterocycles. The highest BCUT2D eigenvalue weighted by Crippen LogP contribution is 2.21. The molecule has 3 amide bonds. The zero-order valence-electron chi connectivity index (χ0n) is 21.9. The van der Waals surface area contributed by atoms with Crippen LogP contribution in [0.3, 0.4) is 0 Å². The van der Waals surface area contributed by atoms with E-state index >= 15 is 0 Å². The minimum atomic E-state index is -1.10. The van der Waals surface area contributed by atoms with Crippen molar-refractivity contribution in [3.05, 3.63) is 46.5 Å². The number of aromatic nitrogens is 2. The van der Waals surface area contributed by atoms with Gasteiger partial charge >= 0.3 is 11.8 Å². The molecule has 0 unspecified atom stereocenters. The Morgan fingerprint density at radius 2 is 1.68 bits per heavy atom. The molecule has 2 aromatic rings. The number of ether oxygens (including phenoxy) is 1. The number of nitrogens with zero attached hydrogens (tertiary/aromatic N) is 3. The van der Waals surface area contributed by atoms with Crippen LogP contribution < -0.4 is 16.4 Å². The molecule has 2 heterocycles. The average molecular weight is 534 g/mol. The number of ketones is 1. The molecule has 1 aliphatic heterocycles. The first-order valence-electron chi connectivity index (χ1n) is 12.3. The molecular formula is C25H32FN5O7. The monoisotopic (exact) mass is 533 g/mol. The van der Waals surface area contributed by atoms with Gasteiger partial charge in [0.25, 0.3) is 5.89 Å². The van der Waals surface area contributed by atoms with Crippen LogP contribution in [0.2, 0.25) is 0 Å². The summed E-state index contributed by atoms with van der Waals surface area (Å²) in [5.41, 5.74) is 0.199. The number of methoxy groups -OCH3 is 1. The molecule has 38 heavy (non-hydrogen) atoms. The van der Waals surface area contributed by atoms with Crippen molar-refractivity contribution in [1.82, 2.24) is 25.3 Å². The standard InChI is InChI=1S/C25H32FN5O7/c1-13(2)18(20(32)22-29-31(25(36)38-22)16-10-8-15(26)9-11-16)27-21(33)17-7-6-12-30(17)23(34)19(14(3)4)28-24(35)37-5/h8-11,13-14,17-19H,6-7,12H2,1-5H3,(H,27,33)(H,28,35)/t17-,18-,19-/m0/s1. The van der Waals surface area contributed by atoms with Crippen LogP contribution >= 0.6 is 0 Å². The zero-order chi connectivity index (χ0) is 28.1. The van der Waals surface area contributed by atoms with E-state index in [1.165, 1.54) is 24.1 Å². The molecule has 12 nitrogen and oxygen atoms in total. The second-order valence-corrected chi connectivity index (χ2v) is 9.70. The quantitative estimate of drug-likeness (QED) is 0.462. The molecule has 1 fully saturated rings. The second kappa shape index (κ2) is 12.0. The van der Waals surface area contributed by atoms with E-state index in [0.29, 0.717) is 19.4 Å². The fourth-order valence-corrected chi connectivity index (χ4v) is 4.22. The number of hydrogen-bond donors (Lipinski definition) is 2. The number of alkyl carbamates (subject to hydrolysis) is 1.